The van der Waals surface area contributed by atoms with E-state index in [4.69, 9.17) is 5.73 Å². The van der Waals surface area contributed by atoms with Gasteiger partial charge in [-0.25, -0.2) is 0 Å². The summed E-state index contributed by atoms with van der Waals surface area (Å²) >= 11 is 0. The van der Waals surface area contributed by atoms with Crippen LogP contribution < -0.4 is 11.1 Å². The van der Waals surface area contributed by atoms with Gasteiger partial charge in [-0.05, 0) is 19.0 Å². The number of hydrogen-bond donors (Lipinski definition) is 2. The minimum atomic E-state index is 0.712. The maximum atomic E-state index is 5.42. The van der Waals surface area contributed by atoms with Crippen molar-refractivity contribution in [2.45, 2.75) is 129 Å². The normalized spacial score (nSPS) is 11.5. The summed E-state index contributed by atoms with van der Waals surface area (Å²) in [6.45, 7) is 3.89. The van der Waals surface area contributed by atoms with Gasteiger partial charge in [0.05, 0.1) is 0 Å². The highest BCUT2D eigenvalue weighted by atomic mass is 14.8. The van der Waals surface area contributed by atoms with Gasteiger partial charge in [-0.15, -0.1) is 0 Å². The lowest BCUT2D eigenvalue weighted by atomic mass is 10.0. The minimum Gasteiger partial charge on any atom is -0.390 e. The molecular formula is C24H50N2. The number of nitrogens with two attached hydrogens (primary N) is 1. The second-order valence-corrected chi connectivity index (χ2v) is 7.94. The molecule has 0 spiro atoms. The number of nitrogens with one attached hydrogen (secondary N) is 1. The van der Waals surface area contributed by atoms with Gasteiger partial charge >= 0.3 is 0 Å². The van der Waals surface area contributed by atoms with Crippen molar-refractivity contribution in [3.63, 3.8) is 0 Å². The number of allylic oxidation sites excluding steroid dienone is 1. The standard InChI is InChI=1S/C24H50N2/c1-2-3-4-5-6-7-8-9-10-11-12-13-14-15-16-17-18-19-20-21-23-26-24-22-25/h21,23,26H,2-20,22,24-25H2,1H3/b23-21+. The van der Waals surface area contributed by atoms with Gasteiger partial charge in [0.2, 0.25) is 0 Å². The molecule has 0 unspecified atom stereocenters. The first-order valence-electron chi connectivity index (χ1n) is 12.0. The highest BCUT2D eigenvalue weighted by Gasteiger charge is 1.94. The largest absolute Gasteiger partial charge is 0.390 e. The van der Waals surface area contributed by atoms with Gasteiger partial charge in [-0.3, -0.25) is 0 Å². The topological polar surface area (TPSA) is 38.0 Å². The third-order valence-electron chi connectivity index (χ3n) is 5.25. The van der Waals surface area contributed by atoms with Crippen LogP contribution in [0, 0.1) is 0 Å². The Morgan fingerprint density at radius 2 is 0.962 bits per heavy atom. The van der Waals surface area contributed by atoms with Crippen LogP contribution in [0.5, 0.6) is 0 Å². The van der Waals surface area contributed by atoms with Crippen LogP contribution in [0.1, 0.15) is 129 Å². The van der Waals surface area contributed by atoms with Crippen molar-refractivity contribution in [2.24, 2.45) is 5.73 Å². The molecule has 0 saturated heterocycles. The molecule has 26 heavy (non-hydrogen) atoms. The molecule has 0 radical (unpaired) electrons. The fourth-order valence-corrected chi connectivity index (χ4v) is 3.50. The van der Waals surface area contributed by atoms with Crippen LogP contribution in [0.15, 0.2) is 12.3 Å². The maximum absolute atomic E-state index is 5.42. The lowest BCUT2D eigenvalue weighted by molar-refractivity contribution is 0.525. The van der Waals surface area contributed by atoms with E-state index in [2.05, 4.69) is 24.5 Å². The van der Waals surface area contributed by atoms with Crippen molar-refractivity contribution in [3.05, 3.63) is 12.3 Å². The SMILES string of the molecule is CCCCCCCCCCCCCCCCCCCC/C=C/NCCN. The Bertz CT molecular complexity index is 263. The Balaban J connectivity index is 3.00. The van der Waals surface area contributed by atoms with E-state index in [0.717, 1.165) is 6.54 Å². The van der Waals surface area contributed by atoms with Gasteiger partial charge in [-0.2, -0.15) is 0 Å². The molecule has 156 valence electrons. The van der Waals surface area contributed by atoms with Crippen LogP contribution in [0.4, 0.5) is 0 Å². The van der Waals surface area contributed by atoms with E-state index in [1.807, 2.05) is 0 Å². The summed E-state index contributed by atoms with van der Waals surface area (Å²) in [6, 6.07) is 0. The predicted molar refractivity (Wildman–Crippen MR) is 120 cm³/mol. The summed E-state index contributed by atoms with van der Waals surface area (Å²) in [5.41, 5.74) is 5.42. The lowest BCUT2D eigenvalue weighted by Crippen LogP contribution is -2.16. The van der Waals surface area contributed by atoms with Crippen LogP contribution in [0.25, 0.3) is 0 Å². The molecule has 0 aliphatic carbocycles. The van der Waals surface area contributed by atoms with Crippen molar-refractivity contribution in [2.75, 3.05) is 13.1 Å². The molecule has 0 aliphatic heterocycles. The van der Waals surface area contributed by atoms with Crippen LogP contribution in [-0.2, 0) is 0 Å². The molecule has 0 aliphatic rings. The summed E-state index contributed by atoms with van der Waals surface area (Å²) in [4.78, 5) is 0. The molecule has 3 N–H and O–H groups in total. The van der Waals surface area contributed by atoms with E-state index >= 15 is 0 Å². The first-order valence-corrected chi connectivity index (χ1v) is 12.0. The number of rotatable bonds is 22. The summed E-state index contributed by atoms with van der Waals surface area (Å²) in [5, 5.41) is 3.19. The van der Waals surface area contributed by atoms with Gasteiger partial charge < -0.3 is 11.1 Å². The van der Waals surface area contributed by atoms with Crippen LogP contribution in [0.2, 0.25) is 0 Å². The van der Waals surface area contributed by atoms with Crippen molar-refractivity contribution < 1.29 is 0 Å². The van der Waals surface area contributed by atoms with Crippen molar-refractivity contribution in [1.82, 2.24) is 5.32 Å². The van der Waals surface area contributed by atoms with E-state index in [-0.39, 0.29) is 0 Å². The highest BCUT2D eigenvalue weighted by Crippen LogP contribution is 2.14. The summed E-state index contributed by atoms with van der Waals surface area (Å²) in [5.74, 6) is 0. The summed E-state index contributed by atoms with van der Waals surface area (Å²) in [6.07, 6.45) is 31.5. The molecule has 0 atom stereocenters. The van der Waals surface area contributed by atoms with E-state index < -0.39 is 0 Å². The third kappa shape index (κ3) is 23.5. The van der Waals surface area contributed by atoms with Crippen molar-refractivity contribution >= 4 is 0 Å². The molecule has 0 fully saturated rings. The zero-order valence-corrected chi connectivity index (χ0v) is 18.1. The molecule has 0 amide bonds. The Morgan fingerprint density at radius 1 is 0.577 bits per heavy atom. The Labute approximate surface area is 165 Å². The average Bonchev–Trinajstić information content (AvgIpc) is 2.66. The Kier molecular flexibility index (Phi) is 24.0. The smallest absolute Gasteiger partial charge is 0.0264 e. The van der Waals surface area contributed by atoms with E-state index in [9.17, 15) is 0 Å². The Hall–Kier alpha value is -0.500. The Morgan fingerprint density at radius 3 is 1.35 bits per heavy atom. The molecule has 2 nitrogen and oxygen atoms in total. The molecule has 0 heterocycles. The third-order valence-corrected chi connectivity index (χ3v) is 5.25. The van der Waals surface area contributed by atoms with Gasteiger partial charge in [-0.1, -0.05) is 122 Å². The van der Waals surface area contributed by atoms with Crippen LogP contribution in [-0.4, -0.2) is 13.1 Å². The molecule has 0 aromatic rings. The molecule has 0 aromatic carbocycles. The molecule has 2 heteroatoms. The number of unbranched alkanes of at least 4 members (excludes halogenated alkanes) is 18. The molecule has 0 aromatic heterocycles. The minimum absolute atomic E-state index is 0.712. The van der Waals surface area contributed by atoms with Gasteiger partial charge in [0, 0.05) is 13.1 Å². The van der Waals surface area contributed by atoms with E-state index in [1.54, 1.807) is 0 Å². The van der Waals surface area contributed by atoms with Crippen molar-refractivity contribution in [1.29, 1.82) is 0 Å². The first-order chi connectivity index (χ1) is 12.9. The lowest BCUT2D eigenvalue weighted by Gasteiger charge is -2.03. The second-order valence-electron chi connectivity index (χ2n) is 7.94. The van der Waals surface area contributed by atoms with Gasteiger partial charge in [0.25, 0.3) is 0 Å². The van der Waals surface area contributed by atoms with Crippen molar-refractivity contribution in [3.8, 4) is 0 Å². The molecule has 0 saturated carbocycles. The van der Waals surface area contributed by atoms with Crippen LogP contribution in [0.3, 0.4) is 0 Å². The molecule has 0 rings (SSSR count). The zero-order valence-electron chi connectivity index (χ0n) is 18.1. The fraction of sp³-hybridized carbons (Fsp3) is 0.917. The highest BCUT2D eigenvalue weighted by molar-refractivity contribution is 4.79. The average molecular weight is 367 g/mol. The maximum Gasteiger partial charge on any atom is 0.0264 e. The summed E-state index contributed by atoms with van der Waals surface area (Å²) < 4.78 is 0. The van der Waals surface area contributed by atoms with Crippen LogP contribution >= 0.6 is 0 Å². The zero-order chi connectivity index (χ0) is 19.0. The number of hydrogen-bond acceptors (Lipinski definition) is 2. The first kappa shape index (κ1) is 25.5. The second kappa shape index (κ2) is 24.5. The predicted octanol–water partition coefficient (Wildman–Crippen LogP) is 7.48. The quantitative estimate of drug-likeness (QED) is 0.195. The van der Waals surface area contributed by atoms with E-state index in [0.29, 0.717) is 6.54 Å². The molecular weight excluding hydrogens is 316 g/mol. The van der Waals surface area contributed by atoms with E-state index in [1.165, 1.54) is 122 Å². The van der Waals surface area contributed by atoms with Gasteiger partial charge in [0.15, 0.2) is 0 Å². The molecule has 0 bridgehead atoms. The monoisotopic (exact) mass is 366 g/mol. The van der Waals surface area contributed by atoms with Gasteiger partial charge in [0.1, 0.15) is 0 Å². The fourth-order valence-electron chi connectivity index (χ4n) is 3.50. The summed E-state index contributed by atoms with van der Waals surface area (Å²) in [7, 11) is 0.